The van der Waals surface area contributed by atoms with E-state index in [4.69, 9.17) is 23.8 Å². The molecular weight excluding hydrogens is 295 g/mol. The fourth-order valence-electron chi connectivity index (χ4n) is 1.74. The molecule has 2 rings (SSSR count). The van der Waals surface area contributed by atoms with Crippen molar-refractivity contribution in [1.82, 2.24) is 5.32 Å². The van der Waals surface area contributed by atoms with Crippen LogP contribution >= 0.6 is 23.8 Å². The van der Waals surface area contributed by atoms with E-state index in [1.54, 1.807) is 12.1 Å². The van der Waals surface area contributed by atoms with Gasteiger partial charge in [-0.05, 0) is 54.5 Å². The summed E-state index contributed by atoms with van der Waals surface area (Å²) in [5.74, 6) is -0.252. The lowest BCUT2D eigenvalue weighted by Crippen LogP contribution is -2.28. The highest BCUT2D eigenvalue weighted by atomic mass is 35.5. The van der Waals surface area contributed by atoms with Gasteiger partial charge in [-0.2, -0.15) is 0 Å². The van der Waals surface area contributed by atoms with Gasteiger partial charge in [0.2, 0.25) is 0 Å². The van der Waals surface area contributed by atoms with Crippen molar-refractivity contribution in [2.24, 2.45) is 0 Å². The highest BCUT2D eigenvalue weighted by Crippen LogP contribution is 2.20. The Bertz CT molecular complexity index is 631. The van der Waals surface area contributed by atoms with E-state index in [1.807, 2.05) is 25.1 Å². The van der Waals surface area contributed by atoms with Crippen molar-refractivity contribution >= 4 is 34.6 Å². The third-order valence-corrected chi connectivity index (χ3v) is 3.45. The SMILES string of the molecule is Cc1ccc(F)cc1CNC(=S)Nc1ccccc1Cl. The van der Waals surface area contributed by atoms with Crippen LogP contribution in [0.15, 0.2) is 42.5 Å². The second-order valence-electron chi connectivity index (χ2n) is 4.36. The molecule has 2 N–H and O–H groups in total. The van der Waals surface area contributed by atoms with Crippen LogP contribution in [0.25, 0.3) is 0 Å². The van der Waals surface area contributed by atoms with Crippen LogP contribution in [0.5, 0.6) is 0 Å². The fourth-order valence-corrected chi connectivity index (χ4v) is 2.10. The minimum atomic E-state index is -0.252. The normalized spacial score (nSPS) is 10.2. The highest BCUT2D eigenvalue weighted by molar-refractivity contribution is 7.80. The standard InChI is InChI=1S/C15H14ClFN2S/c1-10-6-7-12(17)8-11(10)9-18-15(20)19-14-5-3-2-4-13(14)16/h2-8H,9H2,1H3,(H2,18,19,20). The Morgan fingerprint density at radius 2 is 2.00 bits per heavy atom. The number of aryl methyl sites for hydroxylation is 1. The Morgan fingerprint density at radius 1 is 1.25 bits per heavy atom. The monoisotopic (exact) mass is 308 g/mol. The molecule has 104 valence electrons. The van der Waals surface area contributed by atoms with Gasteiger partial charge < -0.3 is 10.6 Å². The number of hydrogen-bond donors (Lipinski definition) is 2. The van der Waals surface area contributed by atoms with Crippen LogP contribution in [-0.2, 0) is 6.54 Å². The second-order valence-corrected chi connectivity index (χ2v) is 5.17. The van der Waals surface area contributed by atoms with E-state index in [-0.39, 0.29) is 5.82 Å². The van der Waals surface area contributed by atoms with Crippen LogP contribution in [0, 0.1) is 12.7 Å². The van der Waals surface area contributed by atoms with Crippen molar-refractivity contribution in [3.8, 4) is 0 Å². The first-order valence-electron chi connectivity index (χ1n) is 6.10. The van der Waals surface area contributed by atoms with Crippen LogP contribution in [0.3, 0.4) is 0 Å². The molecule has 0 spiro atoms. The zero-order valence-electron chi connectivity index (χ0n) is 10.9. The van der Waals surface area contributed by atoms with Gasteiger partial charge in [-0.15, -0.1) is 0 Å². The van der Waals surface area contributed by atoms with Crippen LogP contribution in [0.4, 0.5) is 10.1 Å². The van der Waals surface area contributed by atoms with E-state index in [0.717, 1.165) is 16.8 Å². The molecule has 0 amide bonds. The average Bonchev–Trinajstić information content (AvgIpc) is 2.42. The first-order valence-corrected chi connectivity index (χ1v) is 6.89. The maximum atomic E-state index is 13.2. The predicted molar refractivity (Wildman–Crippen MR) is 85.6 cm³/mol. The lowest BCUT2D eigenvalue weighted by Gasteiger charge is -2.13. The first kappa shape index (κ1) is 14.8. The number of para-hydroxylation sites is 1. The Balaban J connectivity index is 1.96. The van der Waals surface area contributed by atoms with Gasteiger partial charge in [0.25, 0.3) is 0 Å². The number of benzene rings is 2. The molecule has 2 nitrogen and oxygen atoms in total. The summed E-state index contributed by atoms with van der Waals surface area (Å²) in [6, 6.07) is 12.0. The fraction of sp³-hybridized carbons (Fsp3) is 0.133. The summed E-state index contributed by atoms with van der Waals surface area (Å²) in [5.41, 5.74) is 2.62. The Kier molecular flexibility index (Phi) is 4.93. The molecule has 0 heterocycles. The molecule has 0 radical (unpaired) electrons. The summed E-state index contributed by atoms with van der Waals surface area (Å²) in [5, 5.41) is 7.09. The molecule has 2 aromatic rings. The molecule has 5 heteroatoms. The van der Waals surface area contributed by atoms with Crippen LogP contribution < -0.4 is 10.6 Å². The minimum Gasteiger partial charge on any atom is -0.358 e. The molecule has 0 unspecified atom stereocenters. The van der Waals surface area contributed by atoms with Gasteiger partial charge in [0.05, 0.1) is 10.7 Å². The zero-order chi connectivity index (χ0) is 14.5. The smallest absolute Gasteiger partial charge is 0.171 e. The van der Waals surface area contributed by atoms with E-state index >= 15 is 0 Å². The largest absolute Gasteiger partial charge is 0.358 e. The van der Waals surface area contributed by atoms with E-state index in [1.165, 1.54) is 12.1 Å². The van der Waals surface area contributed by atoms with Crippen molar-refractivity contribution in [3.63, 3.8) is 0 Å². The van der Waals surface area contributed by atoms with Crippen molar-refractivity contribution in [2.45, 2.75) is 13.5 Å². The van der Waals surface area contributed by atoms with Gasteiger partial charge in [0, 0.05) is 6.54 Å². The summed E-state index contributed by atoms with van der Waals surface area (Å²) in [4.78, 5) is 0. The van der Waals surface area contributed by atoms with Crippen LogP contribution in [0.2, 0.25) is 5.02 Å². The molecule has 2 aromatic carbocycles. The van der Waals surface area contributed by atoms with Crippen molar-refractivity contribution < 1.29 is 4.39 Å². The third-order valence-electron chi connectivity index (χ3n) is 2.87. The Hall–Kier alpha value is -1.65. The lowest BCUT2D eigenvalue weighted by molar-refractivity contribution is 0.624. The molecule has 0 saturated carbocycles. The van der Waals surface area contributed by atoms with E-state index in [0.29, 0.717) is 16.7 Å². The number of hydrogen-bond acceptors (Lipinski definition) is 1. The van der Waals surface area contributed by atoms with Gasteiger partial charge >= 0.3 is 0 Å². The zero-order valence-corrected chi connectivity index (χ0v) is 12.5. The molecule has 0 aliphatic carbocycles. The van der Waals surface area contributed by atoms with Crippen molar-refractivity contribution in [1.29, 1.82) is 0 Å². The van der Waals surface area contributed by atoms with Gasteiger partial charge in [-0.3, -0.25) is 0 Å². The van der Waals surface area contributed by atoms with E-state index in [9.17, 15) is 4.39 Å². The van der Waals surface area contributed by atoms with Gasteiger partial charge in [-0.1, -0.05) is 29.8 Å². The molecule has 0 bridgehead atoms. The molecule has 0 fully saturated rings. The van der Waals surface area contributed by atoms with Crippen molar-refractivity contribution in [2.75, 3.05) is 5.32 Å². The van der Waals surface area contributed by atoms with Gasteiger partial charge in [0.15, 0.2) is 5.11 Å². The number of nitrogens with one attached hydrogen (secondary N) is 2. The van der Waals surface area contributed by atoms with E-state index in [2.05, 4.69) is 10.6 Å². The maximum absolute atomic E-state index is 13.2. The van der Waals surface area contributed by atoms with Crippen molar-refractivity contribution in [3.05, 3.63) is 64.4 Å². The quantitative estimate of drug-likeness (QED) is 0.828. The van der Waals surface area contributed by atoms with Crippen LogP contribution in [0.1, 0.15) is 11.1 Å². The number of thiocarbonyl (C=S) groups is 1. The summed E-state index contributed by atoms with van der Waals surface area (Å²) >= 11 is 11.2. The van der Waals surface area contributed by atoms with Crippen LogP contribution in [-0.4, -0.2) is 5.11 Å². The maximum Gasteiger partial charge on any atom is 0.171 e. The number of anilines is 1. The highest BCUT2D eigenvalue weighted by Gasteiger charge is 2.04. The Morgan fingerprint density at radius 3 is 2.75 bits per heavy atom. The van der Waals surface area contributed by atoms with Gasteiger partial charge in [0.1, 0.15) is 5.82 Å². The van der Waals surface area contributed by atoms with E-state index < -0.39 is 0 Å². The average molecular weight is 309 g/mol. The molecule has 20 heavy (non-hydrogen) atoms. The number of halogens is 2. The molecule has 0 saturated heterocycles. The molecular formula is C15H14ClFN2S. The third kappa shape index (κ3) is 3.92. The number of rotatable bonds is 3. The topological polar surface area (TPSA) is 24.1 Å². The minimum absolute atomic E-state index is 0.252. The summed E-state index contributed by atoms with van der Waals surface area (Å²) < 4.78 is 13.2. The summed E-state index contributed by atoms with van der Waals surface area (Å²) in [6.07, 6.45) is 0. The summed E-state index contributed by atoms with van der Waals surface area (Å²) in [6.45, 7) is 2.39. The molecule has 0 atom stereocenters. The molecule has 0 aromatic heterocycles. The Labute approximate surface area is 128 Å². The first-order chi connectivity index (χ1) is 9.56. The second kappa shape index (κ2) is 6.68. The molecule has 0 aliphatic heterocycles. The molecule has 0 aliphatic rings. The lowest BCUT2D eigenvalue weighted by atomic mass is 10.1. The summed E-state index contributed by atoms with van der Waals surface area (Å²) in [7, 11) is 0. The van der Waals surface area contributed by atoms with Gasteiger partial charge in [-0.25, -0.2) is 4.39 Å². The predicted octanol–water partition coefficient (Wildman–Crippen LogP) is 4.27.